The number of aromatic hydroxyl groups is 2. The minimum atomic E-state index is -0.630. The highest BCUT2D eigenvalue weighted by atomic mass is 16.5. The number of allylic oxidation sites excluding steroid dienone is 1. The van der Waals surface area contributed by atoms with Gasteiger partial charge in [-0.3, -0.25) is 4.79 Å². The van der Waals surface area contributed by atoms with Crippen molar-refractivity contribution in [3.05, 3.63) is 87.3 Å². The van der Waals surface area contributed by atoms with E-state index in [2.05, 4.69) is 0 Å². The summed E-state index contributed by atoms with van der Waals surface area (Å²) in [5.74, 6) is 1.67. The number of benzene rings is 3. The standard InChI is InChI=1S/C23H22O7.C14H14O4/c1-23(2)6-5-11-15(30-23)8-13(24)20-21(25)19-12-7-16(26-3)17(27-4)9-14(12)28-10-18(19)29-22(11)20;1-9(2)5-6-17-13-8-12-10(7-11(13)15)3-4-14(16)18-12/h5-9,18-19,24H,10H2,1-4H3;3-5,7-8,15H,6H2,1-2H3. The third kappa shape index (κ3) is 6.11. The van der Waals surface area contributed by atoms with E-state index in [1.807, 2.05) is 45.9 Å². The van der Waals surface area contributed by atoms with Gasteiger partial charge in [0.2, 0.25) is 0 Å². The molecule has 11 nitrogen and oxygen atoms in total. The highest BCUT2D eigenvalue weighted by Gasteiger charge is 2.46. The van der Waals surface area contributed by atoms with E-state index in [1.165, 1.54) is 31.4 Å². The lowest BCUT2D eigenvalue weighted by Gasteiger charge is -2.39. The summed E-state index contributed by atoms with van der Waals surface area (Å²) in [6.45, 7) is 8.31. The van der Waals surface area contributed by atoms with Gasteiger partial charge in [0.05, 0.1) is 25.7 Å². The molecule has 4 aromatic rings. The summed E-state index contributed by atoms with van der Waals surface area (Å²) in [5.41, 5.74) is 2.03. The maximum atomic E-state index is 13.6. The lowest BCUT2D eigenvalue weighted by molar-refractivity contribution is 0.0547. The fraction of sp³-hybridized carbons (Fsp3) is 0.297. The van der Waals surface area contributed by atoms with E-state index in [4.69, 9.17) is 32.8 Å². The molecule has 48 heavy (non-hydrogen) atoms. The Morgan fingerprint density at radius 2 is 1.71 bits per heavy atom. The molecule has 0 aliphatic carbocycles. The fourth-order valence-corrected chi connectivity index (χ4v) is 5.77. The molecule has 7 rings (SSSR count). The van der Waals surface area contributed by atoms with Crippen LogP contribution in [-0.2, 0) is 0 Å². The number of phenols is 2. The Kier molecular flexibility index (Phi) is 8.46. The summed E-state index contributed by atoms with van der Waals surface area (Å²) in [7, 11) is 3.07. The number of rotatable bonds is 5. The summed E-state index contributed by atoms with van der Waals surface area (Å²) < 4.78 is 39.2. The average Bonchev–Trinajstić information content (AvgIpc) is 3.03. The molecule has 0 bridgehead atoms. The normalized spacial score (nSPS) is 17.8. The second-order valence-electron chi connectivity index (χ2n) is 12.3. The molecule has 3 aliphatic heterocycles. The van der Waals surface area contributed by atoms with Gasteiger partial charge in [-0.1, -0.05) is 5.57 Å². The fourth-order valence-electron chi connectivity index (χ4n) is 5.77. The van der Waals surface area contributed by atoms with Crippen molar-refractivity contribution in [3.8, 4) is 46.0 Å². The number of phenolic OH excluding ortho intramolecular Hbond substituents is 2. The minimum absolute atomic E-state index is 0.0264. The van der Waals surface area contributed by atoms with Gasteiger partial charge in [0.25, 0.3) is 0 Å². The van der Waals surface area contributed by atoms with Crippen LogP contribution in [0.3, 0.4) is 0 Å². The Balaban J connectivity index is 0.000000191. The number of ketones is 1. The molecule has 0 radical (unpaired) electrons. The molecule has 2 atom stereocenters. The Bertz CT molecular complexity index is 2030. The zero-order valence-corrected chi connectivity index (χ0v) is 27.4. The molecule has 250 valence electrons. The van der Waals surface area contributed by atoms with Crippen molar-refractivity contribution in [2.45, 2.75) is 45.3 Å². The number of methoxy groups -OCH3 is 2. The van der Waals surface area contributed by atoms with Gasteiger partial charge in [-0.05, 0) is 64.1 Å². The maximum Gasteiger partial charge on any atom is 0.336 e. The molecule has 11 heteroatoms. The van der Waals surface area contributed by atoms with Gasteiger partial charge in [-0.2, -0.15) is 0 Å². The van der Waals surface area contributed by atoms with Crippen molar-refractivity contribution in [1.82, 2.24) is 0 Å². The molecule has 0 amide bonds. The molecule has 1 aromatic heterocycles. The van der Waals surface area contributed by atoms with Crippen molar-refractivity contribution in [2.24, 2.45) is 0 Å². The smallest absolute Gasteiger partial charge is 0.336 e. The topological polar surface area (TPSA) is 143 Å². The number of Topliss-reactive ketones (excluding diaryl/α,β-unsaturated/α-hetero) is 1. The summed E-state index contributed by atoms with van der Waals surface area (Å²) in [4.78, 5) is 24.7. The van der Waals surface area contributed by atoms with Crippen LogP contribution in [-0.4, -0.2) is 55.1 Å². The number of hydrogen-bond acceptors (Lipinski definition) is 11. The monoisotopic (exact) mass is 656 g/mol. The van der Waals surface area contributed by atoms with Crippen molar-refractivity contribution in [2.75, 3.05) is 27.4 Å². The molecule has 3 aromatic carbocycles. The van der Waals surface area contributed by atoms with E-state index >= 15 is 0 Å². The van der Waals surface area contributed by atoms with Crippen molar-refractivity contribution < 1.29 is 47.8 Å². The van der Waals surface area contributed by atoms with E-state index < -0.39 is 23.2 Å². The third-order valence-corrected chi connectivity index (χ3v) is 8.14. The van der Waals surface area contributed by atoms with Gasteiger partial charge in [-0.25, -0.2) is 4.79 Å². The first-order valence-electron chi connectivity index (χ1n) is 15.3. The number of ether oxygens (including phenoxy) is 6. The van der Waals surface area contributed by atoms with Crippen LogP contribution in [0.4, 0.5) is 0 Å². The van der Waals surface area contributed by atoms with Crippen LogP contribution in [0.2, 0.25) is 0 Å². The number of hydrogen-bond donors (Lipinski definition) is 2. The number of fused-ring (bicyclic) bond motifs is 7. The first-order valence-corrected chi connectivity index (χ1v) is 15.3. The van der Waals surface area contributed by atoms with Gasteiger partial charge < -0.3 is 43.1 Å². The SMILES string of the molecule is CC(C)=CCOc1cc2oc(=O)ccc2cc1O.COc1cc2c(cc1OC)C1C(=O)c3c(O)cc4c(c3OC1CO2)C=CC(C)(C)O4. The first-order chi connectivity index (χ1) is 22.9. The number of carbonyl (C=O) groups is 1. The summed E-state index contributed by atoms with van der Waals surface area (Å²) in [6.07, 6.45) is 5.13. The summed E-state index contributed by atoms with van der Waals surface area (Å²) >= 11 is 0. The van der Waals surface area contributed by atoms with Gasteiger partial charge in [-0.15, -0.1) is 0 Å². The lowest BCUT2D eigenvalue weighted by atomic mass is 9.80. The van der Waals surface area contributed by atoms with Crippen molar-refractivity contribution in [1.29, 1.82) is 0 Å². The van der Waals surface area contributed by atoms with E-state index in [-0.39, 0.29) is 29.5 Å². The molecule has 0 fully saturated rings. The van der Waals surface area contributed by atoms with Crippen LogP contribution in [0.25, 0.3) is 17.0 Å². The summed E-state index contributed by atoms with van der Waals surface area (Å²) in [6, 6.07) is 10.9. The number of carbonyl (C=O) groups excluding carboxylic acids is 1. The van der Waals surface area contributed by atoms with E-state index in [0.29, 0.717) is 63.2 Å². The molecule has 3 aliphatic rings. The van der Waals surface area contributed by atoms with Crippen LogP contribution in [0, 0.1) is 0 Å². The van der Waals surface area contributed by atoms with Crippen LogP contribution >= 0.6 is 0 Å². The first kappa shape index (κ1) is 32.4. The van der Waals surface area contributed by atoms with Crippen molar-refractivity contribution >= 4 is 22.8 Å². The maximum absolute atomic E-state index is 13.6. The Hall–Kier alpha value is -5.58. The molecule has 0 spiro atoms. The highest BCUT2D eigenvalue weighted by Crippen LogP contribution is 2.52. The summed E-state index contributed by atoms with van der Waals surface area (Å²) in [5, 5.41) is 21.1. The van der Waals surface area contributed by atoms with Crippen LogP contribution in [0.1, 0.15) is 55.1 Å². The zero-order chi connectivity index (χ0) is 34.3. The minimum Gasteiger partial charge on any atom is -0.507 e. The van der Waals surface area contributed by atoms with Gasteiger partial charge in [0.1, 0.15) is 59.1 Å². The van der Waals surface area contributed by atoms with Crippen LogP contribution < -0.4 is 34.0 Å². The Labute approximate surface area is 276 Å². The second kappa shape index (κ2) is 12.6. The predicted octanol–water partition coefficient (Wildman–Crippen LogP) is 6.56. The predicted molar refractivity (Wildman–Crippen MR) is 177 cm³/mol. The Morgan fingerprint density at radius 3 is 2.44 bits per heavy atom. The highest BCUT2D eigenvalue weighted by molar-refractivity contribution is 6.08. The average molecular weight is 657 g/mol. The van der Waals surface area contributed by atoms with E-state index in [9.17, 15) is 19.8 Å². The van der Waals surface area contributed by atoms with Gasteiger partial charge >= 0.3 is 5.63 Å². The molecular formula is C37H36O11. The second-order valence-corrected chi connectivity index (χ2v) is 12.3. The molecule has 4 heterocycles. The molecule has 2 unspecified atom stereocenters. The quantitative estimate of drug-likeness (QED) is 0.178. The Morgan fingerprint density at radius 1 is 0.958 bits per heavy atom. The molecular weight excluding hydrogens is 620 g/mol. The van der Waals surface area contributed by atoms with Gasteiger partial charge in [0.15, 0.2) is 28.8 Å². The van der Waals surface area contributed by atoms with Crippen LogP contribution in [0.5, 0.6) is 46.0 Å². The lowest BCUT2D eigenvalue weighted by Crippen LogP contribution is -2.43. The van der Waals surface area contributed by atoms with E-state index in [1.54, 1.807) is 25.3 Å². The van der Waals surface area contributed by atoms with Crippen LogP contribution in [0.15, 0.2) is 69.4 Å². The van der Waals surface area contributed by atoms with Gasteiger partial charge in [0, 0.05) is 35.2 Å². The van der Waals surface area contributed by atoms with E-state index in [0.717, 1.165) is 5.57 Å². The molecule has 0 saturated heterocycles. The largest absolute Gasteiger partial charge is 0.507 e. The third-order valence-electron chi connectivity index (χ3n) is 8.14. The zero-order valence-electron chi connectivity index (χ0n) is 27.4. The molecule has 0 saturated carbocycles. The van der Waals surface area contributed by atoms with Crippen molar-refractivity contribution in [3.63, 3.8) is 0 Å². The molecule has 2 N–H and O–H groups in total.